The Bertz CT molecular complexity index is 1970. The summed E-state index contributed by atoms with van der Waals surface area (Å²) in [5, 5.41) is 26.1. The Labute approximate surface area is 309 Å². The first-order valence-corrected chi connectivity index (χ1v) is 17.8. The predicted octanol–water partition coefficient (Wildman–Crippen LogP) is 6.44. The zero-order valence-corrected chi connectivity index (χ0v) is 30.7. The highest BCUT2D eigenvalue weighted by Crippen LogP contribution is 2.34. The number of hydrogen-bond acceptors (Lipinski definition) is 10. The topological polar surface area (TPSA) is 138 Å². The number of aromatic nitrogens is 4. The van der Waals surface area contributed by atoms with E-state index in [0.29, 0.717) is 68.6 Å². The molecule has 1 aliphatic rings. The number of allylic oxidation sites excluding steroid dienone is 1. The summed E-state index contributed by atoms with van der Waals surface area (Å²) in [6, 6.07) is 21.8. The number of benzene rings is 3. The van der Waals surface area contributed by atoms with Gasteiger partial charge >= 0.3 is 12.1 Å². The highest BCUT2D eigenvalue weighted by molar-refractivity contribution is 5.76. The Balaban J connectivity index is 1.39. The molecular weight excluding hydrogens is 674 g/mol. The Kier molecular flexibility index (Phi) is 11.6. The van der Waals surface area contributed by atoms with Crippen LogP contribution in [0.5, 0.6) is 17.5 Å². The first kappa shape index (κ1) is 37.0. The second kappa shape index (κ2) is 16.7. The lowest BCUT2D eigenvalue weighted by Gasteiger charge is -2.36. The summed E-state index contributed by atoms with van der Waals surface area (Å²) in [5.41, 5.74) is 6.28. The first-order valence-electron chi connectivity index (χ1n) is 17.8. The fourth-order valence-electron chi connectivity index (χ4n) is 6.39. The van der Waals surface area contributed by atoms with Gasteiger partial charge in [-0.1, -0.05) is 50.3 Å². The Hall–Kier alpha value is -5.82. The van der Waals surface area contributed by atoms with Crippen LogP contribution in [0, 0.1) is 0 Å². The van der Waals surface area contributed by atoms with E-state index in [1.807, 2.05) is 73.7 Å². The zero-order chi connectivity index (χ0) is 37.5. The third kappa shape index (κ3) is 8.47. The van der Waals surface area contributed by atoms with Gasteiger partial charge in [-0.2, -0.15) is 4.98 Å². The van der Waals surface area contributed by atoms with Crippen LogP contribution in [0.25, 0.3) is 11.2 Å². The van der Waals surface area contributed by atoms with Gasteiger partial charge in [0, 0.05) is 50.5 Å². The van der Waals surface area contributed by atoms with E-state index in [1.54, 1.807) is 24.9 Å². The molecule has 6 rings (SSSR count). The number of imidazole rings is 1. The third-order valence-corrected chi connectivity index (χ3v) is 9.41. The molecule has 1 amide bonds. The van der Waals surface area contributed by atoms with E-state index in [2.05, 4.69) is 23.3 Å². The average Bonchev–Trinajstić information content (AvgIpc) is 3.61. The van der Waals surface area contributed by atoms with E-state index in [4.69, 9.17) is 29.3 Å². The van der Waals surface area contributed by atoms with E-state index in [1.165, 1.54) is 4.90 Å². The van der Waals surface area contributed by atoms with Gasteiger partial charge in [0.1, 0.15) is 17.6 Å². The lowest BCUT2D eigenvalue weighted by molar-refractivity contribution is 0.142. The van der Waals surface area contributed by atoms with Gasteiger partial charge in [0.25, 0.3) is 0 Å². The van der Waals surface area contributed by atoms with E-state index >= 15 is 0 Å². The maximum Gasteiger partial charge on any atom is 0.407 e. The number of aliphatic hydroxyl groups excluding tert-OH is 1. The van der Waals surface area contributed by atoms with Crippen molar-refractivity contribution in [1.29, 1.82) is 0 Å². The standard InChI is InChI=1S/C40H47N7O6/c1-6-7-22-53-39-42-38(46(25-28-8-13-31(51-4)14-9-28)26-29-10-15-32(52-5)16-11-29)37-41-24-35(47(37)43-39)36(48)30-12-17-34(33(23-30)27(2)3)44-18-20-45(21-19-44)40(49)50/h8-17,23-24,36,48H,2,6-7,18-22,25-26H2,1,3-5H3,(H,49,50). The molecule has 278 valence electrons. The number of unbranched alkanes of at least 4 members (excludes halogenated alkanes) is 1. The highest BCUT2D eigenvalue weighted by atomic mass is 16.5. The number of amides is 1. The van der Waals surface area contributed by atoms with Crippen molar-refractivity contribution in [2.24, 2.45) is 0 Å². The number of nitrogens with zero attached hydrogens (tertiary/aromatic N) is 7. The number of fused-ring (bicyclic) bond motifs is 1. The number of hydrogen-bond donors (Lipinski definition) is 2. The summed E-state index contributed by atoms with van der Waals surface area (Å²) < 4.78 is 18.5. The van der Waals surface area contributed by atoms with E-state index in [-0.39, 0.29) is 6.01 Å². The van der Waals surface area contributed by atoms with Crippen molar-refractivity contribution < 1.29 is 29.2 Å². The van der Waals surface area contributed by atoms with Crippen molar-refractivity contribution in [1.82, 2.24) is 24.5 Å². The zero-order valence-electron chi connectivity index (χ0n) is 30.7. The van der Waals surface area contributed by atoms with Crippen LogP contribution in [-0.4, -0.2) is 87.8 Å². The second-order valence-electron chi connectivity index (χ2n) is 13.1. The normalized spacial score (nSPS) is 13.5. The molecule has 5 aromatic rings. The van der Waals surface area contributed by atoms with Gasteiger partial charge in [-0.05, 0) is 72.0 Å². The minimum Gasteiger partial charge on any atom is -0.497 e. The van der Waals surface area contributed by atoms with Gasteiger partial charge in [0.2, 0.25) is 0 Å². The lowest BCUT2D eigenvalue weighted by Crippen LogP contribution is -2.48. The number of aliphatic hydroxyl groups is 1. The predicted molar refractivity (Wildman–Crippen MR) is 204 cm³/mol. The second-order valence-corrected chi connectivity index (χ2v) is 13.1. The van der Waals surface area contributed by atoms with Gasteiger partial charge < -0.3 is 39.1 Å². The summed E-state index contributed by atoms with van der Waals surface area (Å²) in [7, 11) is 3.29. The van der Waals surface area contributed by atoms with Crippen LogP contribution < -0.4 is 24.0 Å². The van der Waals surface area contributed by atoms with Gasteiger partial charge in [-0.25, -0.2) is 14.3 Å². The first-order chi connectivity index (χ1) is 25.7. The van der Waals surface area contributed by atoms with E-state index < -0.39 is 12.2 Å². The van der Waals surface area contributed by atoms with Crippen LogP contribution in [0.3, 0.4) is 0 Å². The molecule has 0 saturated carbocycles. The number of carbonyl (C=O) groups is 1. The van der Waals surface area contributed by atoms with Crippen molar-refractivity contribution in [2.45, 2.75) is 45.9 Å². The molecule has 0 aliphatic carbocycles. The van der Waals surface area contributed by atoms with Crippen molar-refractivity contribution in [3.05, 3.63) is 107 Å². The molecular formula is C40H47N7O6. The largest absolute Gasteiger partial charge is 0.497 e. The lowest BCUT2D eigenvalue weighted by atomic mass is 9.98. The Morgan fingerprint density at radius 1 is 0.943 bits per heavy atom. The Morgan fingerprint density at radius 3 is 2.11 bits per heavy atom. The molecule has 1 aliphatic heterocycles. The van der Waals surface area contributed by atoms with Gasteiger partial charge in [-0.15, -0.1) is 5.10 Å². The highest BCUT2D eigenvalue weighted by Gasteiger charge is 2.26. The Morgan fingerprint density at radius 2 is 1.57 bits per heavy atom. The number of rotatable bonds is 15. The minimum atomic E-state index is -1.09. The summed E-state index contributed by atoms with van der Waals surface area (Å²) in [6.45, 7) is 11.6. The van der Waals surface area contributed by atoms with Gasteiger partial charge in [0.15, 0.2) is 11.5 Å². The maximum atomic E-state index is 12.0. The average molecular weight is 722 g/mol. The van der Waals surface area contributed by atoms with Crippen LogP contribution in [-0.2, 0) is 13.1 Å². The molecule has 13 nitrogen and oxygen atoms in total. The smallest absolute Gasteiger partial charge is 0.407 e. The van der Waals surface area contributed by atoms with Crippen LogP contribution in [0.1, 0.15) is 60.7 Å². The van der Waals surface area contributed by atoms with Crippen LogP contribution in [0.15, 0.2) is 79.5 Å². The minimum absolute atomic E-state index is 0.181. The van der Waals surface area contributed by atoms with E-state index in [0.717, 1.165) is 52.3 Å². The number of piperazine rings is 1. The summed E-state index contributed by atoms with van der Waals surface area (Å²) >= 11 is 0. The molecule has 2 N–H and O–H groups in total. The van der Waals surface area contributed by atoms with Crippen LogP contribution in [0.4, 0.5) is 16.3 Å². The molecule has 3 heterocycles. The number of carboxylic acid groups (broad SMARTS) is 1. The molecule has 53 heavy (non-hydrogen) atoms. The molecule has 2 aromatic heterocycles. The molecule has 0 radical (unpaired) electrons. The summed E-state index contributed by atoms with van der Waals surface area (Å²) in [5.74, 6) is 2.08. The monoisotopic (exact) mass is 721 g/mol. The molecule has 3 aromatic carbocycles. The molecule has 1 saturated heterocycles. The molecule has 13 heteroatoms. The molecule has 1 fully saturated rings. The quantitative estimate of drug-likeness (QED) is 0.116. The summed E-state index contributed by atoms with van der Waals surface area (Å²) in [6.07, 6.45) is 1.41. The molecule has 0 bridgehead atoms. The molecule has 1 unspecified atom stereocenters. The van der Waals surface area contributed by atoms with E-state index in [9.17, 15) is 15.0 Å². The fourth-order valence-corrected chi connectivity index (χ4v) is 6.39. The SMILES string of the molecule is C=C(C)c1cc(C(O)c2cnc3c(N(Cc4ccc(OC)cc4)Cc4ccc(OC)cc4)nc(OCCCC)nn23)ccc1N1CCN(C(=O)O)CC1. The van der Waals surface area contributed by atoms with Crippen LogP contribution in [0.2, 0.25) is 0 Å². The summed E-state index contributed by atoms with van der Waals surface area (Å²) in [4.78, 5) is 26.9. The van der Waals surface area contributed by atoms with Gasteiger partial charge in [-0.3, -0.25) is 0 Å². The van der Waals surface area contributed by atoms with Crippen molar-refractivity contribution in [2.75, 3.05) is 56.8 Å². The maximum absolute atomic E-state index is 12.0. The number of methoxy groups -OCH3 is 2. The number of anilines is 2. The van der Waals surface area contributed by atoms with Crippen LogP contribution >= 0.6 is 0 Å². The van der Waals surface area contributed by atoms with Crippen molar-refractivity contribution in [3.8, 4) is 17.5 Å². The van der Waals surface area contributed by atoms with Gasteiger partial charge in [0.05, 0.1) is 32.7 Å². The number of ether oxygens (including phenoxy) is 3. The van der Waals surface area contributed by atoms with Crippen molar-refractivity contribution in [3.63, 3.8) is 0 Å². The fraction of sp³-hybridized carbons (Fsp3) is 0.350. The third-order valence-electron chi connectivity index (χ3n) is 9.41. The molecule has 1 atom stereocenters. The molecule has 0 spiro atoms. The van der Waals surface area contributed by atoms with Crippen molar-refractivity contribution >= 4 is 28.8 Å².